The lowest BCUT2D eigenvalue weighted by molar-refractivity contribution is -0.131. The van der Waals surface area contributed by atoms with Crippen LogP contribution in [0.5, 0.6) is 5.88 Å². The van der Waals surface area contributed by atoms with E-state index in [4.69, 9.17) is 21.4 Å². The van der Waals surface area contributed by atoms with E-state index >= 15 is 0 Å². The van der Waals surface area contributed by atoms with Gasteiger partial charge in [-0.3, -0.25) is 9.59 Å². The highest BCUT2D eigenvalue weighted by Crippen LogP contribution is 2.44. The Labute approximate surface area is 263 Å². The van der Waals surface area contributed by atoms with Crippen LogP contribution >= 0.6 is 11.6 Å². The average Bonchev–Trinajstić information content (AvgIpc) is 3.64. The van der Waals surface area contributed by atoms with Crippen molar-refractivity contribution >= 4 is 52.2 Å². The standard InChI is InChI=1S/C32H32ClN7O5/c1-40-23-14-19(8-9-21(23)26(18-6-3-4-7-18)27(40)28-35-15-20(33)16-36-28)29(43)39-32(12-5-13-32)31(44)38-24-17-34-22(10-11-25(41)42)30(37-24)45-2/h8-11,14-18H,3-7,12-13H2,1-2H3,(H,39,43)(H,41,42)(H,37,38,44)/b11-10+. The molecule has 0 aliphatic heterocycles. The summed E-state index contributed by atoms with van der Waals surface area (Å²) < 4.78 is 7.25. The number of ether oxygens (including phenoxy) is 1. The van der Waals surface area contributed by atoms with Crippen LogP contribution in [0.15, 0.2) is 42.9 Å². The monoisotopic (exact) mass is 629 g/mol. The predicted molar refractivity (Wildman–Crippen MR) is 168 cm³/mol. The molecule has 0 atom stereocenters. The number of fused-ring (bicyclic) bond motifs is 1. The maximum atomic E-state index is 13.6. The molecular weight excluding hydrogens is 598 g/mol. The quantitative estimate of drug-likeness (QED) is 0.213. The molecule has 2 aliphatic rings. The fourth-order valence-electron chi connectivity index (χ4n) is 6.26. The van der Waals surface area contributed by atoms with Gasteiger partial charge in [-0.25, -0.2) is 19.7 Å². The Kier molecular flexibility index (Phi) is 8.24. The molecular formula is C32H32ClN7O5. The molecule has 3 heterocycles. The molecule has 2 saturated carbocycles. The van der Waals surface area contributed by atoms with Crippen LogP contribution in [0.1, 0.15) is 72.5 Å². The zero-order valence-corrected chi connectivity index (χ0v) is 25.6. The van der Waals surface area contributed by atoms with Crippen molar-refractivity contribution in [3.05, 3.63) is 64.7 Å². The molecule has 0 saturated heterocycles. The molecule has 3 aromatic heterocycles. The first-order valence-corrected chi connectivity index (χ1v) is 15.1. The SMILES string of the molecule is COc1nc(NC(=O)C2(NC(=O)c3ccc4c(C5CCCC5)c(-c5ncc(Cl)cn5)n(C)c4c3)CCC2)cnc1/C=C/C(=O)O. The van der Waals surface area contributed by atoms with E-state index in [1.54, 1.807) is 18.5 Å². The van der Waals surface area contributed by atoms with Crippen LogP contribution in [-0.4, -0.2) is 60.0 Å². The zero-order chi connectivity index (χ0) is 31.7. The van der Waals surface area contributed by atoms with Gasteiger partial charge in [0, 0.05) is 42.0 Å². The van der Waals surface area contributed by atoms with Crippen molar-refractivity contribution in [1.82, 2.24) is 29.8 Å². The minimum absolute atomic E-state index is 0.0493. The van der Waals surface area contributed by atoms with Gasteiger partial charge < -0.3 is 25.0 Å². The van der Waals surface area contributed by atoms with Crippen LogP contribution < -0.4 is 15.4 Å². The Balaban J connectivity index is 1.27. The highest BCUT2D eigenvalue weighted by Gasteiger charge is 2.46. The molecule has 0 radical (unpaired) electrons. The third kappa shape index (κ3) is 5.85. The van der Waals surface area contributed by atoms with E-state index < -0.39 is 17.4 Å². The summed E-state index contributed by atoms with van der Waals surface area (Å²) in [5.74, 6) is -0.805. The largest absolute Gasteiger partial charge is 0.479 e. The van der Waals surface area contributed by atoms with Crippen LogP contribution in [-0.2, 0) is 16.6 Å². The lowest BCUT2D eigenvalue weighted by Gasteiger charge is -2.40. The summed E-state index contributed by atoms with van der Waals surface area (Å²) in [6, 6.07) is 5.63. The Morgan fingerprint density at radius 2 is 1.82 bits per heavy atom. The smallest absolute Gasteiger partial charge is 0.328 e. The summed E-state index contributed by atoms with van der Waals surface area (Å²) in [7, 11) is 3.32. The molecule has 45 heavy (non-hydrogen) atoms. The minimum Gasteiger partial charge on any atom is -0.479 e. The molecule has 0 unspecified atom stereocenters. The van der Waals surface area contributed by atoms with E-state index in [-0.39, 0.29) is 23.3 Å². The number of hydrogen-bond donors (Lipinski definition) is 3. The Bertz CT molecular complexity index is 1830. The normalized spacial score (nSPS) is 16.1. The second-order valence-electron chi connectivity index (χ2n) is 11.4. The van der Waals surface area contributed by atoms with Crippen molar-refractivity contribution in [3.8, 4) is 17.4 Å². The molecule has 2 fully saturated rings. The number of hydrogen-bond acceptors (Lipinski definition) is 8. The fraction of sp³-hybridized carbons (Fsp3) is 0.344. The van der Waals surface area contributed by atoms with Crippen molar-refractivity contribution in [2.45, 2.75) is 56.4 Å². The summed E-state index contributed by atoms with van der Waals surface area (Å²) in [6.07, 6.45) is 12.8. The maximum absolute atomic E-state index is 13.6. The Morgan fingerprint density at radius 3 is 2.47 bits per heavy atom. The maximum Gasteiger partial charge on any atom is 0.328 e. The molecule has 4 aromatic rings. The number of nitrogens with zero attached hydrogens (tertiary/aromatic N) is 5. The van der Waals surface area contributed by atoms with E-state index in [1.807, 2.05) is 23.7 Å². The van der Waals surface area contributed by atoms with Crippen molar-refractivity contribution in [2.24, 2.45) is 7.05 Å². The molecule has 232 valence electrons. The van der Waals surface area contributed by atoms with Crippen LogP contribution in [0.3, 0.4) is 0 Å². The van der Waals surface area contributed by atoms with Gasteiger partial charge in [0.05, 0.1) is 24.0 Å². The van der Waals surface area contributed by atoms with Gasteiger partial charge in [0.25, 0.3) is 11.8 Å². The lowest BCUT2D eigenvalue weighted by atomic mass is 9.75. The number of benzene rings is 1. The number of rotatable bonds is 9. The van der Waals surface area contributed by atoms with Gasteiger partial charge in [0.15, 0.2) is 11.6 Å². The van der Waals surface area contributed by atoms with E-state index in [1.165, 1.54) is 24.9 Å². The number of nitrogens with one attached hydrogen (secondary N) is 2. The number of carbonyl (C=O) groups is 3. The summed E-state index contributed by atoms with van der Waals surface area (Å²) in [4.78, 5) is 55.4. The first-order valence-electron chi connectivity index (χ1n) is 14.8. The molecule has 1 aromatic carbocycles. The van der Waals surface area contributed by atoms with E-state index in [0.29, 0.717) is 35.2 Å². The summed E-state index contributed by atoms with van der Waals surface area (Å²) in [5.41, 5.74) is 2.50. The molecule has 0 bridgehead atoms. The number of aliphatic carboxylic acids is 1. The van der Waals surface area contributed by atoms with Gasteiger partial charge in [-0.2, -0.15) is 4.98 Å². The first kappa shape index (κ1) is 30.2. The number of methoxy groups -OCH3 is 1. The van der Waals surface area contributed by atoms with Crippen LogP contribution in [0.25, 0.3) is 28.5 Å². The number of aromatic nitrogens is 5. The first-order chi connectivity index (χ1) is 21.7. The highest BCUT2D eigenvalue weighted by molar-refractivity contribution is 6.30. The minimum atomic E-state index is -1.14. The Morgan fingerprint density at radius 1 is 1.09 bits per heavy atom. The summed E-state index contributed by atoms with van der Waals surface area (Å²) in [6.45, 7) is 0. The number of aryl methyl sites for hydroxylation is 1. The van der Waals surface area contributed by atoms with Crippen molar-refractivity contribution in [3.63, 3.8) is 0 Å². The van der Waals surface area contributed by atoms with E-state index in [2.05, 4.69) is 30.6 Å². The van der Waals surface area contributed by atoms with Gasteiger partial charge in [0.1, 0.15) is 11.2 Å². The third-order valence-electron chi connectivity index (χ3n) is 8.68. The van der Waals surface area contributed by atoms with Crippen LogP contribution in [0.4, 0.5) is 5.82 Å². The number of amides is 2. The Hall–Kier alpha value is -4.84. The predicted octanol–water partition coefficient (Wildman–Crippen LogP) is 5.13. The second-order valence-corrected chi connectivity index (χ2v) is 11.9. The van der Waals surface area contributed by atoms with E-state index in [9.17, 15) is 14.4 Å². The van der Waals surface area contributed by atoms with Crippen molar-refractivity contribution in [2.75, 3.05) is 12.4 Å². The molecule has 0 spiro atoms. The number of carboxylic acid groups (broad SMARTS) is 1. The van der Waals surface area contributed by atoms with Crippen molar-refractivity contribution < 1.29 is 24.2 Å². The molecule has 2 amide bonds. The highest BCUT2D eigenvalue weighted by atomic mass is 35.5. The zero-order valence-electron chi connectivity index (χ0n) is 24.8. The number of anilines is 1. The summed E-state index contributed by atoms with van der Waals surface area (Å²) >= 11 is 6.08. The third-order valence-corrected chi connectivity index (χ3v) is 8.87. The van der Waals surface area contributed by atoms with Gasteiger partial charge in [-0.1, -0.05) is 30.5 Å². The number of halogens is 1. The number of carboxylic acids is 1. The van der Waals surface area contributed by atoms with Crippen molar-refractivity contribution in [1.29, 1.82) is 0 Å². The molecule has 12 nitrogen and oxygen atoms in total. The fourth-order valence-corrected chi connectivity index (χ4v) is 6.36. The van der Waals surface area contributed by atoms with Gasteiger partial charge in [0.2, 0.25) is 5.88 Å². The van der Waals surface area contributed by atoms with E-state index in [0.717, 1.165) is 54.8 Å². The molecule has 2 aliphatic carbocycles. The summed E-state index contributed by atoms with van der Waals surface area (Å²) in [5, 5.41) is 16.1. The van der Waals surface area contributed by atoms with Crippen LogP contribution in [0.2, 0.25) is 5.02 Å². The number of carbonyl (C=O) groups excluding carboxylic acids is 2. The van der Waals surface area contributed by atoms with Gasteiger partial charge in [-0.15, -0.1) is 0 Å². The average molecular weight is 630 g/mol. The topological polar surface area (TPSA) is 161 Å². The molecule has 3 N–H and O–H groups in total. The lowest BCUT2D eigenvalue weighted by Crippen LogP contribution is -2.61. The molecule has 13 heteroatoms. The second kappa shape index (κ2) is 12.3. The van der Waals surface area contributed by atoms with Crippen LogP contribution in [0, 0.1) is 0 Å². The molecule has 6 rings (SSSR count). The van der Waals surface area contributed by atoms with Gasteiger partial charge >= 0.3 is 5.97 Å². The van der Waals surface area contributed by atoms with Gasteiger partial charge in [-0.05, 0) is 61.8 Å².